The molecule has 2 heterocycles. The van der Waals surface area contributed by atoms with Crippen LogP contribution < -0.4 is 0 Å². The van der Waals surface area contributed by atoms with E-state index in [9.17, 15) is 10.1 Å². The Hall–Kier alpha value is -2.48. The Morgan fingerprint density at radius 1 is 1.20 bits per heavy atom. The zero-order valence-electron chi connectivity index (χ0n) is 15.1. The van der Waals surface area contributed by atoms with E-state index in [1.54, 1.807) is 0 Å². The standard InChI is InChI=1S/C20H26N4O/c1-3-18-13-19(23-11-7-4-8-12-23)24(20(25)22(18)2)15-17-10-6-5-9-16(17)14-21/h5-6,9-10,13,18H,3-4,7-8,11-12,15H2,1-2H3. The van der Waals surface area contributed by atoms with Crippen LogP contribution in [-0.4, -0.2) is 46.9 Å². The van der Waals surface area contributed by atoms with Gasteiger partial charge in [-0.3, -0.25) is 4.90 Å². The number of carbonyl (C=O) groups excluding carboxylic acids is 1. The Labute approximate surface area is 150 Å². The molecule has 1 aromatic rings. The molecule has 25 heavy (non-hydrogen) atoms. The smallest absolute Gasteiger partial charge is 0.326 e. The molecular formula is C20H26N4O. The third-order valence-corrected chi connectivity index (χ3v) is 5.21. The van der Waals surface area contributed by atoms with Crippen LogP contribution in [0, 0.1) is 11.3 Å². The van der Waals surface area contributed by atoms with Gasteiger partial charge in [0, 0.05) is 20.1 Å². The van der Waals surface area contributed by atoms with Crippen LogP contribution in [0.5, 0.6) is 0 Å². The highest BCUT2D eigenvalue weighted by atomic mass is 16.2. The van der Waals surface area contributed by atoms with E-state index in [0.717, 1.165) is 30.9 Å². The summed E-state index contributed by atoms with van der Waals surface area (Å²) in [7, 11) is 1.86. The first-order chi connectivity index (χ1) is 12.2. The molecule has 2 aliphatic heterocycles. The van der Waals surface area contributed by atoms with E-state index in [-0.39, 0.29) is 12.1 Å². The summed E-state index contributed by atoms with van der Waals surface area (Å²) < 4.78 is 0. The van der Waals surface area contributed by atoms with Gasteiger partial charge in [-0.1, -0.05) is 25.1 Å². The maximum Gasteiger partial charge on any atom is 0.326 e. The topological polar surface area (TPSA) is 50.6 Å². The highest BCUT2D eigenvalue weighted by Crippen LogP contribution is 2.28. The minimum absolute atomic E-state index is 0.0164. The maximum absolute atomic E-state index is 13.1. The van der Waals surface area contributed by atoms with E-state index >= 15 is 0 Å². The largest absolute Gasteiger partial charge is 0.358 e. The lowest BCUT2D eigenvalue weighted by molar-refractivity contribution is 0.121. The van der Waals surface area contributed by atoms with Crippen LogP contribution in [0.25, 0.3) is 0 Å². The molecule has 0 radical (unpaired) electrons. The van der Waals surface area contributed by atoms with Gasteiger partial charge in [-0.15, -0.1) is 0 Å². The summed E-state index contributed by atoms with van der Waals surface area (Å²) in [6.45, 7) is 4.54. The quantitative estimate of drug-likeness (QED) is 0.844. The lowest BCUT2D eigenvalue weighted by atomic mass is 10.1. The molecule has 0 N–H and O–H groups in total. The number of hydrogen-bond donors (Lipinski definition) is 0. The Kier molecular flexibility index (Phi) is 5.28. The second-order valence-electron chi connectivity index (χ2n) is 6.80. The van der Waals surface area contributed by atoms with E-state index < -0.39 is 0 Å². The monoisotopic (exact) mass is 338 g/mol. The van der Waals surface area contributed by atoms with Crippen LogP contribution in [0.4, 0.5) is 4.79 Å². The summed E-state index contributed by atoms with van der Waals surface area (Å²) in [5.41, 5.74) is 1.53. The predicted molar refractivity (Wildman–Crippen MR) is 97.4 cm³/mol. The van der Waals surface area contributed by atoms with Gasteiger partial charge in [0.25, 0.3) is 0 Å². The summed E-state index contributed by atoms with van der Waals surface area (Å²) in [5, 5.41) is 9.37. The molecule has 1 fully saturated rings. The predicted octanol–water partition coefficient (Wildman–Crippen LogP) is 3.53. The first kappa shape index (κ1) is 17.3. The maximum atomic E-state index is 13.1. The fourth-order valence-corrected chi connectivity index (χ4v) is 3.68. The van der Waals surface area contributed by atoms with Crippen molar-refractivity contribution in [3.8, 4) is 6.07 Å². The van der Waals surface area contributed by atoms with Crippen LogP contribution in [0.1, 0.15) is 43.7 Å². The lowest BCUT2D eigenvalue weighted by Crippen LogP contribution is -2.52. The first-order valence-corrected chi connectivity index (χ1v) is 9.14. The summed E-state index contributed by atoms with van der Waals surface area (Å²) in [5.74, 6) is 1.02. The number of hydrogen-bond acceptors (Lipinski definition) is 3. The molecule has 5 nitrogen and oxygen atoms in total. The van der Waals surface area contributed by atoms with Crippen molar-refractivity contribution in [1.82, 2.24) is 14.7 Å². The average Bonchev–Trinajstić information content (AvgIpc) is 2.67. The molecule has 1 saturated heterocycles. The van der Waals surface area contributed by atoms with Crippen LogP contribution >= 0.6 is 0 Å². The zero-order chi connectivity index (χ0) is 17.8. The van der Waals surface area contributed by atoms with Crippen LogP contribution in [-0.2, 0) is 6.54 Å². The Bertz CT molecular complexity index is 700. The molecule has 3 rings (SSSR count). The number of nitrogens with zero attached hydrogens (tertiary/aromatic N) is 4. The number of carbonyl (C=O) groups is 1. The summed E-state index contributed by atoms with van der Waals surface area (Å²) in [6.07, 6.45) is 6.72. The fraction of sp³-hybridized carbons (Fsp3) is 0.500. The second kappa shape index (κ2) is 7.60. The normalized spacial score (nSPS) is 21.2. The number of piperidine rings is 1. The molecule has 0 spiro atoms. The van der Waals surface area contributed by atoms with Crippen molar-refractivity contribution in [1.29, 1.82) is 5.26 Å². The van der Waals surface area contributed by atoms with E-state index in [0.29, 0.717) is 12.1 Å². The third-order valence-electron chi connectivity index (χ3n) is 5.21. The molecular weight excluding hydrogens is 312 g/mol. The molecule has 5 heteroatoms. The SMILES string of the molecule is CCC1C=C(N2CCCCC2)N(Cc2ccccc2C#N)C(=O)N1C. The molecule has 2 amide bonds. The van der Waals surface area contributed by atoms with Crippen molar-refractivity contribution in [2.75, 3.05) is 20.1 Å². The molecule has 0 aromatic heterocycles. The molecule has 1 unspecified atom stereocenters. The summed E-state index contributed by atoms with van der Waals surface area (Å²) >= 11 is 0. The number of urea groups is 1. The lowest BCUT2D eigenvalue weighted by Gasteiger charge is -2.44. The first-order valence-electron chi connectivity index (χ1n) is 9.14. The van der Waals surface area contributed by atoms with E-state index in [2.05, 4.69) is 24.0 Å². The molecule has 2 aliphatic rings. The van der Waals surface area contributed by atoms with Gasteiger partial charge >= 0.3 is 6.03 Å². The van der Waals surface area contributed by atoms with Crippen molar-refractivity contribution in [3.63, 3.8) is 0 Å². The highest BCUT2D eigenvalue weighted by molar-refractivity contribution is 5.78. The van der Waals surface area contributed by atoms with Crippen molar-refractivity contribution in [2.45, 2.75) is 45.2 Å². The van der Waals surface area contributed by atoms with Crippen LogP contribution in [0.3, 0.4) is 0 Å². The van der Waals surface area contributed by atoms with Gasteiger partial charge in [0.2, 0.25) is 0 Å². The van der Waals surface area contributed by atoms with Crippen molar-refractivity contribution in [2.24, 2.45) is 0 Å². The minimum Gasteiger partial charge on any atom is -0.358 e. The van der Waals surface area contributed by atoms with E-state index in [1.165, 1.54) is 19.3 Å². The van der Waals surface area contributed by atoms with Crippen molar-refractivity contribution >= 4 is 6.03 Å². The summed E-state index contributed by atoms with van der Waals surface area (Å²) in [4.78, 5) is 19.0. The molecule has 0 aliphatic carbocycles. The van der Waals surface area contributed by atoms with Gasteiger partial charge in [-0.05, 0) is 43.4 Å². The Morgan fingerprint density at radius 2 is 1.92 bits per heavy atom. The molecule has 1 atom stereocenters. The Balaban J connectivity index is 1.95. The highest BCUT2D eigenvalue weighted by Gasteiger charge is 2.34. The van der Waals surface area contributed by atoms with Gasteiger partial charge in [0.05, 0.1) is 24.2 Å². The molecule has 1 aromatic carbocycles. The number of rotatable bonds is 4. The van der Waals surface area contributed by atoms with Crippen molar-refractivity contribution in [3.05, 3.63) is 47.3 Å². The molecule has 0 saturated carbocycles. The number of likely N-dealkylation sites (tertiary alicyclic amines) is 1. The van der Waals surface area contributed by atoms with Gasteiger partial charge < -0.3 is 9.80 Å². The number of likely N-dealkylation sites (N-methyl/N-ethyl adjacent to an activating group) is 1. The van der Waals surface area contributed by atoms with Gasteiger partial charge in [0.15, 0.2) is 0 Å². The summed E-state index contributed by atoms with van der Waals surface area (Å²) in [6, 6.07) is 9.92. The average molecular weight is 338 g/mol. The van der Waals surface area contributed by atoms with E-state index in [1.807, 2.05) is 41.1 Å². The second-order valence-corrected chi connectivity index (χ2v) is 6.80. The van der Waals surface area contributed by atoms with Gasteiger partial charge in [0.1, 0.15) is 5.82 Å². The number of nitriles is 1. The fourth-order valence-electron chi connectivity index (χ4n) is 3.68. The van der Waals surface area contributed by atoms with Crippen LogP contribution in [0.2, 0.25) is 0 Å². The zero-order valence-corrected chi connectivity index (χ0v) is 15.1. The Morgan fingerprint density at radius 3 is 2.60 bits per heavy atom. The van der Waals surface area contributed by atoms with E-state index in [4.69, 9.17) is 0 Å². The van der Waals surface area contributed by atoms with Gasteiger partial charge in [-0.2, -0.15) is 5.26 Å². The third kappa shape index (κ3) is 3.48. The molecule has 0 bridgehead atoms. The molecule has 132 valence electrons. The number of amides is 2. The minimum atomic E-state index is 0.0164. The van der Waals surface area contributed by atoms with Crippen LogP contribution in [0.15, 0.2) is 36.2 Å². The van der Waals surface area contributed by atoms with Gasteiger partial charge in [-0.25, -0.2) is 4.79 Å². The number of benzene rings is 1. The van der Waals surface area contributed by atoms with Crippen molar-refractivity contribution < 1.29 is 4.79 Å².